The number of carbonyl (C=O) groups excluding carboxylic acids is 2. The topological polar surface area (TPSA) is 226 Å². The molecule has 1 fully saturated rings. The number of aromatic nitrogens is 4. The Morgan fingerprint density at radius 2 is 1.61 bits per heavy atom. The summed E-state index contributed by atoms with van der Waals surface area (Å²) in [6.45, 7) is 13.3. The van der Waals surface area contributed by atoms with E-state index >= 15 is 0 Å². The Morgan fingerprint density at radius 3 is 2.12 bits per heavy atom. The van der Waals surface area contributed by atoms with Gasteiger partial charge in [0.15, 0.2) is 34.1 Å². The number of anilines is 2. The largest absolute Gasteiger partial charge is 0.506 e. The van der Waals surface area contributed by atoms with E-state index in [1.54, 1.807) is 13.8 Å². The molecule has 0 bridgehead atoms. The smallest absolute Gasteiger partial charge is 0.342 e. The zero-order chi connectivity index (χ0) is 36.1. The highest BCUT2D eigenvalue weighted by atomic mass is 31.2. The number of carbonyl (C=O) groups is 2. The number of hydrogen-bond acceptors (Lipinski definition) is 14. The highest BCUT2D eigenvalue weighted by Crippen LogP contribution is 2.46. The van der Waals surface area contributed by atoms with Crippen molar-refractivity contribution in [3.05, 3.63) is 17.8 Å². The number of esters is 2. The molecule has 1 unspecified atom stereocenters. The number of nitrogen functional groups attached to an aromatic ring is 1. The predicted octanol–water partition coefficient (Wildman–Crippen LogP) is 3.32. The number of nitrogens with zero attached hydrogens (tertiary/aromatic N) is 5. The summed E-state index contributed by atoms with van der Waals surface area (Å²) >= 11 is 0. The van der Waals surface area contributed by atoms with Gasteiger partial charge in [0.1, 0.15) is 25.0 Å². The number of rotatable bonds is 17. The molecule has 6 N–H and O–H groups in total. The van der Waals surface area contributed by atoms with Gasteiger partial charge in [-0.15, -0.1) is 0 Å². The van der Waals surface area contributed by atoms with Crippen LogP contribution in [-0.4, -0.2) is 92.3 Å². The van der Waals surface area contributed by atoms with E-state index in [-0.39, 0.29) is 55.2 Å². The first-order valence-electron chi connectivity index (χ1n) is 16.8. The van der Waals surface area contributed by atoms with Crippen molar-refractivity contribution in [1.29, 1.82) is 0 Å². The summed E-state index contributed by atoms with van der Waals surface area (Å²) in [6.07, 6.45) is 2.60. The van der Waals surface area contributed by atoms with Gasteiger partial charge in [0, 0.05) is 13.1 Å². The van der Waals surface area contributed by atoms with E-state index in [4.69, 9.17) is 24.5 Å². The minimum absolute atomic E-state index is 0.00252. The Hall–Kier alpha value is -3.50. The van der Waals surface area contributed by atoms with Crippen molar-refractivity contribution >= 4 is 42.5 Å². The molecule has 4 rings (SSSR count). The van der Waals surface area contributed by atoms with E-state index < -0.39 is 55.9 Å². The number of ether oxygens (including phenoxy) is 3. The lowest BCUT2D eigenvalue weighted by Gasteiger charge is -2.29. The monoisotopic (exact) mass is 710 g/mol. The molecule has 274 valence electrons. The molecular weight excluding hydrogens is 659 g/mol. The van der Waals surface area contributed by atoms with Crippen LogP contribution in [0.2, 0.25) is 0 Å². The molecule has 0 radical (unpaired) electrons. The molecule has 2 aliphatic rings. The minimum Gasteiger partial charge on any atom is -0.506 e. The predicted molar refractivity (Wildman–Crippen MR) is 181 cm³/mol. The fourth-order valence-corrected chi connectivity index (χ4v) is 7.64. The van der Waals surface area contributed by atoms with Crippen molar-refractivity contribution in [3.63, 3.8) is 0 Å². The lowest BCUT2D eigenvalue weighted by atomic mass is 10.0. The fourth-order valence-electron chi connectivity index (χ4n) is 5.88. The highest BCUT2D eigenvalue weighted by Gasteiger charge is 2.49. The number of imidazole rings is 1. The first kappa shape index (κ1) is 38.3. The maximum atomic E-state index is 14.6. The second-order valence-electron chi connectivity index (χ2n) is 13.3. The third-order valence-electron chi connectivity index (χ3n) is 8.14. The Kier molecular flexibility index (Phi) is 12.5. The number of fused-ring (bicyclic) bond motifs is 1. The lowest BCUT2D eigenvalue weighted by Crippen LogP contribution is -2.45. The van der Waals surface area contributed by atoms with Gasteiger partial charge in [-0.3, -0.25) is 23.2 Å². The van der Waals surface area contributed by atoms with Crippen LogP contribution < -0.4 is 20.8 Å². The number of hydrogen-bond donors (Lipinski definition) is 5. The van der Waals surface area contributed by atoms with Crippen LogP contribution in [0.1, 0.15) is 80.4 Å². The molecule has 4 atom stereocenters. The average molecular weight is 711 g/mol. The second kappa shape index (κ2) is 16.0. The van der Waals surface area contributed by atoms with Crippen molar-refractivity contribution < 1.29 is 43.1 Å². The van der Waals surface area contributed by atoms with Gasteiger partial charge >= 0.3 is 19.6 Å². The van der Waals surface area contributed by atoms with Gasteiger partial charge in [-0.1, -0.05) is 27.7 Å². The van der Waals surface area contributed by atoms with E-state index in [9.17, 15) is 24.4 Å². The van der Waals surface area contributed by atoms with Gasteiger partial charge < -0.3 is 35.1 Å². The Bertz CT molecular complexity index is 1520. The summed E-state index contributed by atoms with van der Waals surface area (Å²) in [4.78, 5) is 41.2. The summed E-state index contributed by atoms with van der Waals surface area (Å²) in [5.41, 5.74) is 4.79. The standard InChI is InChI=1S/C31H51N8O9P/c1-8-45-27(41)20(14-18(3)4)36-49(44,37-21(15-19(5)6)28(42)46-9-2)47-16-22-24(40)31(7,43)29(48-22)39-17-33-23-25(38-12-10-11-13-38)34-30(32)35-26(23)39/h17-21,29,40,43H,8-16H2,1-7H3,(H2,32,34,35)(H2,36,37,44)/t20-,21-,29+,31?/m0/s1. The van der Waals surface area contributed by atoms with E-state index in [0.29, 0.717) is 11.3 Å². The van der Waals surface area contributed by atoms with Gasteiger partial charge in [-0.25, -0.2) is 15.2 Å². The van der Waals surface area contributed by atoms with Crippen LogP contribution in [0.5, 0.6) is 0 Å². The van der Waals surface area contributed by atoms with Crippen LogP contribution in [0.3, 0.4) is 0 Å². The van der Waals surface area contributed by atoms with Crippen LogP contribution >= 0.6 is 7.67 Å². The molecule has 2 aromatic rings. The number of aliphatic hydroxyl groups is 2. The lowest BCUT2D eigenvalue weighted by molar-refractivity contribution is -0.146. The second-order valence-corrected chi connectivity index (χ2v) is 15.1. The molecule has 0 amide bonds. The summed E-state index contributed by atoms with van der Waals surface area (Å²) in [5, 5.41) is 28.3. The average Bonchev–Trinajstić information content (AvgIpc) is 3.74. The molecule has 0 saturated carbocycles. The van der Waals surface area contributed by atoms with E-state index in [1.807, 2.05) is 27.7 Å². The molecular formula is C31H51N8O9P. The molecule has 49 heavy (non-hydrogen) atoms. The van der Waals surface area contributed by atoms with E-state index in [0.717, 1.165) is 25.9 Å². The zero-order valence-corrected chi connectivity index (χ0v) is 30.2. The van der Waals surface area contributed by atoms with Crippen molar-refractivity contribution in [1.82, 2.24) is 29.7 Å². The fraction of sp³-hybridized carbons (Fsp3) is 0.710. The summed E-state index contributed by atoms with van der Waals surface area (Å²) in [7, 11) is -4.33. The van der Waals surface area contributed by atoms with Gasteiger partial charge in [0.25, 0.3) is 0 Å². The third kappa shape index (κ3) is 9.00. The molecule has 4 heterocycles. The zero-order valence-electron chi connectivity index (χ0n) is 29.3. The van der Waals surface area contributed by atoms with Crippen molar-refractivity contribution in [2.24, 2.45) is 11.8 Å². The first-order valence-corrected chi connectivity index (χ1v) is 18.4. The third-order valence-corrected chi connectivity index (χ3v) is 9.94. The Morgan fingerprint density at radius 1 is 1.06 bits per heavy atom. The molecule has 0 aliphatic carbocycles. The molecule has 17 nitrogen and oxygen atoms in total. The molecule has 1 saturated heterocycles. The van der Waals surface area contributed by atoms with E-state index in [1.165, 1.54) is 17.8 Å². The summed E-state index contributed by atoms with van der Waals surface area (Å²) < 4.78 is 38.5. The number of nitrogens with two attached hydrogens (primary N) is 1. The van der Waals surface area contributed by atoms with E-state index in [2.05, 4.69) is 30.0 Å². The molecule has 0 aromatic carbocycles. The Balaban J connectivity index is 1.64. The molecule has 18 heteroatoms. The molecule has 2 aromatic heterocycles. The van der Waals surface area contributed by atoms with Crippen LogP contribution in [0.4, 0.5) is 11.8 Å². The quantitative estimate of drug-likeness (QED) is 0.117. The van der Waals surface area contributed by atoms with Crippen LogP contribution in [0, 0.1) is 11.8 Å². The summed E-state index contributed by atoms with van der Waals surface area (Å²) in [6, 6.07) is -2.15. The normalized spacial score (nSPS) is 21.1. The Labute approximate surface area is 286 Å². The summed E-state index contributed by atoms with van der Waals surface area (Å²) in [5.74, 6) is -1.59. The first-order chi connectivity index (χ1) is 23.1. The van der Waals surface area contributed by atoms with Gasteiger partial charge in [0.2, 0.25) is 12.2 Å². The van der Waals surface area contributed by atoms with Crippen LogP contribution in [0.25, 0.3) is 11.2 Å². The maximum absolute atomic E-state index is 14.6. The number of aliphatic hydroxyl groups excluding tert-OH is 1. The van der Waals surface area contributed by atoms with Crippen LogP contribution in [0.15, 0.2) is 17.8 Å². The highest BCUT2D eigenvalue weighted by molar-refractivity contribution is 7.54. The van der Waals surface area contributed by atoms with Gasteiger partial charge in [-0.05, 0) is 58.3 Å². The van der Waals surface area contributed by atoms with Crippen molar-refractivity contribution in [3.8, 4) is 0 Å². The van der Waals surface area contributed by atoms with Crippen molar-refractivity contribution in [2.45, 2.75) is 98.1 Å². The SMILES string of the molecule is CCOC(=O)[C@H](CC(C)C)NP(=O)(N[C@@H](CC(C)C)C(=O)OCC)OCC1=C(O)C(C)(O)[C@H](n2cnc3c(N4CCCC4)nc(N)nc32)O1. The van der Waals surface area contributed by atoms with Gasteiger partial charge in [-0.2, -0.15) is 9.97 Å². The molecule has 2 aliphatic heterocycles. The number of nitrogens with one attached hydrogen (secondary N) is 2. The maximum Gasteiger partial charge on any atom is 0.342 e. The molecule has 0 spiro atoms. The van der Waals surface area contributed by atoms with Crippen LogP contribution in [-0.2, 0) is 32.9 Å². The van der Waals surface area contributed by atoms with Gasteiger partial charge in [0.05, 0.1) is 13.2 Å². The minimum atomic E-state index is -4.33. The van der Waals surface area contributed by atoms with Crippen molar-refractivity contribution in [2.75, 3.05) is 43.5 Å².